The van der Waals surface area contributed by atoms with Gasteiger partial charge in [0.1, 0.15) is 5.65 Å². The number of nitrogens with one attached hydrogen (secondary N) is 2. The molecule has 0 amide bonds. The molecule has 3 heterocycles. The van der Waals surface area contributed by atoms with Gasteiger partial charge in [-0.1, -0.05) is 6.07 Å². The van der Waals surface area contributed by atoms with Crippen molar-refractivity contribution < 1.29 is 0 Å². The van der Waals surface area contributed by atoms with Gasteiger partial charge in [0.05, 0.1) is 12.2 Å². The van der Waals surface area contributed by atoms with Gasteiger partial charge in [-0.2, -0.15) is 11.8 Å². The molecule has 2 aromatic heterocycles. The van der Waals surface area contributed by atoms with Crippen molar-refractivity contribution in [2.24, 2.45) is 4.99 Å². The molecule has 1 saturated heterocycles. The minimum Gasteiger partial charge on any atom is -0.357 e. The molecule has 0 spiro atoms. The molecule has 3 rings (SSSR count). The predicted octanol–water partition coefficient (Wildman–Crippen LogP) is 2.98. The third-order valence-electron chi connectivity index (χ3n) is 4.42. The van der Waals surface area contributed by atoms with Crippen LogP contribution in [-0.4, -0.2) is 38.9 Å². The maximum absolute atomic E-state index is 4.71. The molecular weight excluding hydrogens is 318 g/mol. The molecule has 24 heavy (non-hydrogen) atoms. The Labute approximate surface area is 148 Å². The van der Waals surface area contributed by atoms with E-state index < -0.39 is 0 Å². The summed E-state index contributed by atoms with van der Waals surface area (Å²) >= 11 is 2.06. The highest BCUT2D eigenvalue weighted by Gasteiger charge is 2.29. The van der Waals surface area contributed by atoms with Gasteiger partial charge in [-0.25, -0.2) is 9.98 Å². The molecule has 0 aromatic carbocycles. The minimum absolute atomic E-state index is 0.330. The van der Waals surface area contributed by atoms with E-state index in [2.05, 4.69) is 64.8 Å². The maximum Gasteiger partial charge on any atom is 0.191 e. The second-order valence-corrected chi connectivity index (χ2v) is 8.26. The Bertz CT molecular complexity index is 715. The van der Waals surface area contributed by atoms with E-state index in [0.29, 0.717) is 11.3 Å². The van der Waals surface area contributed by atoms with Crippen LogP contribution in [-0.2, 0) is 6.54 Å². The van der Waals surface area contributed by atoms with Gasteiger partial charge >= 0.3 is 0 Å². The normalized spacial score (nSPS) is 21.4. The number of guanidine groups is 1. The molecule has 1 atom stereocenters. The molecule has 2 aromatic rings. The number of fused-ring (bicyclic) bond motifs is 1. The van der Waals surface area contributed by atoms with E-state index in [9.17, 15) is 0 Å². The fraction of sp³-hybridized carbons (Fsp3) is 0.556. The molecule has 0 radical (unpaired) electrons. The molecule has 1 aliphatic rings. The van der Waals surface area contributed by atoms with Crippen molar-refractivity contribution in [3.63, 3.8) is 0 Å². The summed E-state index contributed by atoms with van der Waals surface area (Å²) in [6.07, 6.45) is 4.67. The third kappa shape index (κ3) is 4.04. The third-order valence-corrected chi connectivity index (χ3v) is 5.96. The largest absolute Gasteiger partial charge is 0.357 e. The molecule has 0 aliphatic carbocycles. The highest BCUT2D eigenvalue weighted by molar-refractivity contribution is 8.00. The highest BCUT2D eigenvalue weighted by atomic mass is 32.2. The van der Waals surface area contributed by atoms with Gasteiger partial charge in [0.25, 0.3) is 0 Å². The van der Waals surface area contributed by atoms with Gasteiger partial charge in [0.15, 0.2) is 5.96 Å². The van der Waals surface area contributed by atoms with Crippen LogP contribution in [0.1, 0.15) is 38.1 Å². The number of pyridine rings is 1. The summed E-state index contributed by atoms with van der Waals surface area (Å²) in [5, 5.41) is 6.84. The topological polar surface area (TPSA) is 53.7 Å². The summed E-state index contributed by atoms with van der Waals surface area (Å²) in [4.78, 5) is 9.36. The smallest absolute Gasteiger partial charge is 0.191 e. The van der Waals surface area contributed by atoms with Crippen molar-refractivity contribution in [2.45, 2.75) is 44.9 Å². The van der Waals surface area contributed by atoms with Crippen molar-refractivity contribution >= 4 is 23.4 Å². The Balaban J connectivity index is 1.67. The van der Waals surface area contributed by atoms with Gasteiger partial charge < -0.3 is 15.0 Å². The van der Waals surface area contributed by atoms with Crippen molar-refractivity contribution in [3.05, 3.63) is 35.8 Å². The lowest BCUT2D eigenvalue weighted by molar-refractivity contribution is 0.584. The van der Waals surface area contributed by atoms with E-state index in [1.54, 1.807) is 0 Å². The van der Waals surface area contributed by atoms with E-state index in [0.717, 1.165) is 30.4 Å². The second-order valence-electron chi connectivity index (χ2n) is 6.58. The zero-order chi connectivity index (χ0) is 17.0. The molecule has 1 unspecified atom stereocenters. The quantitative estimate of drug-likeness (QED) is 0.646. The second kappa shape index (κ2) is 7.47. The fourth-order valence-corrected chi connectivity index (χ4v) is 4.27. The van der Waals surface area contributed by atoms with Crippen LogP contribution >= 0.6 is 11.8 Å². The molecule has 6 heteroatoms. The predicted molar refractivity (Wildman–Crippen MR) is 103 cm³/mol. The first kappa shape index (κ1) is 17.1. The Hall–Kier alpha value is -1.69. The lowest BCUT2D eigenvalue weighted by atomic mass is 10.1. The number of aliphatic imine (C=N–C) groups is 1. The van der Waals surface area contributed by atoms with Crippen molar-refractivity contribution in [3.8, 4) is 0 Å². The van der Waals surface area contributed by atoms with Gasteiger partial charge in [-0.15, -0.1) is 0 Å². The molecule has 0 bridgehead atoms. The van der Waals surface area contributed by atoms with Crippen LogP contribution in [0.25, 0.3) is 5.65 Å². The van der Waals surface area contributed by atoms with Gasteiger partial charge in [-0.05, 0) is 51.5 Å². The fourth-order valence-electron chi connectivity index (χ4n) is 3.02. The Kier molecular flexibility index (Phi) is 5.33. The number of rotatable bonds is 5. The summed E-state index contributed by atoms with van der Waals surface area (Å²) in [6.45, 7) is 8.92. The average molecular weight is 346 g/mol. The van der Waals surface area contributed by atoms with Gasteiger partial charge in [0.2, 0.25) is 0 Å². The van der Waals surface area contributed by atoms with Crippen LogP contribution in [0.15, 0.2) is 29.4 Å². The lowest BCUT2D eigenvalue weighted by Gasteiger charge is -2.24. The highest BCUT2D eigenvalue weighted by Crippen LogP contribution is 2.36. The van der Waals surface area contributed by atoms with Crippen molar-refractivity contribution in [1.82, 2.24) is 20.0 Å². The first-order chi connectivity index (χ1) is 11.6. The van der Waals surface area contributed by atoms with E-state index in [1.165, 1.54) is 24.3 Å². The summed E-state index contributed by atoms with van der Waals surface area (Å²) in [5.74, 6) is 2.15. The van der Waals surface area contributed by atoms with Crippen molar-refractivity contribution in [1.29, 1.82) is 0 Å². The summed E-state index contributed by atoms with van der Waals surface area (Å²) in [6, 6.07) is 6.16. The van der Waals surface area contributed by atoms with E-state index in [1.807, 2.05) is 12.1 Å². The van der Waals surface area contributed by atoms with Crippen LogP contribution in [0.4, 0.5) is 0 Å². The number of hydrogen-bond acceptors (Lipinski definition) is 3. The molecule has 130 valence electrons. The Morgan fingerprint density at radius 2 is 2.29 bits per heavy atom. The van der Waals surface area contributed by atoms with Crippen LogP contribution in [0.2, 0.25) is 0 Å². The van der Waals surface area contributed by atoms with Crippen LogP contribution in [0.3, 0.4) is 0 Å². The molecule has 5 nitrogen and oxygen atoms in total. The SMILES string of the molecule is CCNC(=NCc1cn2c(C)cccc2n1)NCC1(C)CCCS1. The molecule has 1 fully saturated rings. The van der Waals surface area contributed by atoms with Crippen LogP contribution in [0.5, 0.6) is 0 Å². The monoisotopic (exact) mass is 345 g/mol. The van der Waals surface area contributed by atoms with Crippen LogP contribution < -0.4 is 10.6 Å². The standard InChI is InChI=1S/C18H27N5S/c1-4-19-17(21-13-18(3)9-6-10-24-18)20-11-15-12-23-14(2)7-5-8-16(23)22-15/h5,7-8,12H,4,6,9-11,13H2,1-3H3,(H2,19,20,21). The lowest BCUT2D eigenvalue weighted by Crippen LogP contribution is -2.43. The number of aromatic nitrogens is 2. The average Bonchev–Trinajstić information content (AvgIpc) is 3.18. The van der Waals surface area contributed by atoms with Gasteiger partial charge in [0, 0.05) is 29.7 Å². The number of nitrogens with zero attached hydrogens (tertiary/aromatic N) is 3. The van der Waals surface area contributed by atoms with Gasteiger partial charge in [-0.3, -0.25) is 0 Å². The number of hydrogen-bond donors (Lipinski definition) is 2. The first-order valence-corrected chi connectivity index (χ1v) is 9.68. The summed E-state index contributed by atoms with van der Waals surface area (Å²) in [7, 11) is 0. The molecule has 2 N–H and O–H groups in total. The van der Waals surface area contributed by atoms with E-state index in [4.69, 9.17) is 4.99 Å². The molecule has 0 saturated carbocycles. The Morgan fingerprint density at radius 1 is 1.42 bits per heavy atom. The number of thioether (sulfide) groups is 1. The van der Waals surface area contributed by atoms with E-state index in [-0.39, 0.29) is 0 Å². The summed E-state index contributed by atoms with van der Waals surface area (Å²) < 4.78 is 2.44. The molecular formula is C18H27N5S. The number of aryl methyl sites for hydroxylation is 1. The Morgan fingerprint density at radius 3 is 3.00 bits per heavy atom. The zero-order valence-electron chi connectivity index (χ0n) is 14.8. The maximum atomic E-state index is 4.71. The molecule has 1 aliphatic heterocycles. The van der Waals surface area contributed by atoms with Crippen LogP contribution in [0, 0.1) is 6.92 Å². The zero-order valence-corrected chi connectivity index (χ0v) is 15.6. The first-order valence-electron chi connectivity index (χ1n) is 8.69. The summed E-state index contributed by atoms with van der Waals surface area (Å²) in [5.41, 5.74) is 3.16. The van der Waals surface area contributed by atoms with E-state index >= 15 is 0 Å². The minimum atomic E-state index is 0.330. The van der Waals surface area contributed by atoms with Crippen molar-refractivity contribution in [2.75, 3.05) is 18.8 Å². The number of imidazole rings is 1.